The number of carboxylic acid groups (broad SMARTS) is 1. The molecule has 0 aliphatic rings. The summed E-state index contributed by atoms with van der Waals surface area (Å²) in [5.74, 6) is -4.17. The quantitative estimate of drug-likeness (QED) is 0.157. The van der Waals surface area contributed by atoms with Crippen molar-refractivity contribution in [1.82, 2.24) is 16.0 Å². The highest BCUT2D eigenvalue weighted by Gasteiger charge is 2.30. The van der Waals surface area contributed by atoms with Gasteiger partial charge in [-0.05, 0) is 24.7 Å². The normalized spacial score (nSPS) is 15.0. The molecule has 0 heterocycles. The van der Waals surface area contributed by atoms with Crippen LogP contribution in [-0.2, 0) is 24.0 Å². The Labute approximate surface area is 187 Å². The van der Waals surface area contributed by atoms with E-state index in [1.807, 2.05) is 27.7 Å². The number of hydrogen-bond donors (Lipinski definition) is 7. The van der Waals surface area contributed by atoms with Gasteiger partial charge in [0.25, 0.3) is 0 Å². The van der Waals surface area contributed by atoms with Crippen molar-refractivity contribution >= 4 is 42.2 Å². The monoisotopic (exact) mass is 461 g/mol. The summed E-state index contributed by atoms with van der Waals surface area (Å²) in [7, 11) is 0. The van der Waals surface area contributed by atoms with Gasteiger partial charge >= 0.3 is 5.97 Å². The van der Waals surface area contributed by atoms with Crippen molar-refractivity contribution < 1.29 is 29.1 Å². The minimum absolute atomic E-state index is 0.0287. The SMILES string of the molecule is CC(C)CC(N)C(=O)NC(CS)C(=O)NC(CC(C)C)C(=O)NC(CC(N)=O)C(=O)O. The molecule has 31 heavy (non-hydrogen) atoms. The summed E-state index contributed by atoms with van der Waals surface area (Å²) in [6, 6.07) is -4.45. The van der Waals surface area contributed by atoms with Gasteiger partial charge < -0.3 is 32.5 Å². The van der Waals surface area contributed by atoms with Gasteiger partial charge in [-0.25, -0.2) is 4.79 Å². The lowest BCUT2D eigenvalue weighted by atomic mass is 10.0. The average Bonchev–Trinajstić information content (AvgIpc) is 2.62. The van der Waals surface area contributed by atoms with Gasteiger partial charge in [-0.3, -0.25) is 19.2 Å². The van der Waals surface area contributed by atoms with Gasteiger partial charge in [0, 0.05) is 5.75 Å². The number of amides is 4. The number of carboxylic acids is 1. The van der Waals surface area contributed by atoms with E-state index < -0.39 is 60.2 Å². The second-order valence-corrected chi connectivity index (χ2v) is 8.61. The van der Waals surface area contributed by atoms with Crippen molar-refractivity contribution in [3.05, 3.63) is 0 Å². The topological polar surface area (TPSA) is 194 Å². The lowest BCUT2D eigenvalue weighted by Crippen LogP contribution is -2.58. The molecule has 0 spiro atoms. The van der Waals surface area contributed by atoms with Crippen molar-refractivity contribution in [3.63, 3.8) is 0 Å². The third-order valence-corrected chi connectivity index (χ3v) is 4.60. The fourth-order valence-corrected chi connectivity index (χ4v) is 2.99. The van der Waals surface area contributed by atoms with E-state index in [4.69, 9.17) is 11.5 Å². The van der Waals surface area contributed by atoms with E-state index in [9.17, 15) is 29.1 Å². The van der Waals surface area contributed by atoms with Crippen LogP contribution in [-0.4, -0.2) is 64.6 Å². The van der Waals surface area contributed by atoms with Crippen LogP contribution in [0.5, 0.6) is 0 Å². The first-order chi connectivity index (χ1) is 14.3. The van der Waals surface area contributed by atoms with Crippen molar-refractivity contribution in [3.8, 4) is 0 Å². The molecule has 0 aromatic rings. The molecular weight excluding hydrogens is 426 g/mol. The molecule has 4 atom stereocenters. The summed E-state index contributed by atoms with van der Waals surface area (Å²) < 4.78 is 0. The van der Waals surface area contributed by atoms with Gasteiger partial charge in [-0.2, -0.15) is 12.6 Å². The maximum Gasteiger partial charge on any atom is 0.326 e. The second kappa shape index (κ2) is 13.9. The van der Waals surface area contributed by atoms with Crippen LogP contribution in [0.15, 0.2) is 0 Å². The highest BCUT2D eigenvalue weighted by molar-refractivity contribution is 7.80. The maximum atomic E-state index is 12.7. The minimum atomic E-state index is -1.52. The van der Waals surface area contributed by atoms with E-state index >= 15 is 0 Å². The molecule has 4 unspecified atom stereocenters. The average molecular weight is 462 g/mol. The van der Waals surface area contributed by atoms with Crippen molar-refractivity contribution in [1.29, 1.82) is 0 Å². The lowest BCUT2D eigenvalue weighted by Gasteiger charge is -2.25. The molecule has 0 saturated heterocycles. The molecule has 8 N–H and O–H groups in total. The molecule has 4 amide bonds. The molecule has 0 bridgehead atoms. The molecule has 0 aliphatic carbocycles. The summed E-state index contributed by atoms with van der Waals surface area (Å²) in [5.41, 5.74) is 10.9. The molecule has 0 aliphatic heterocycles. The smallest absolute Gasteiger partial charge is 0.326 e. The van der Waals surface area contributed by atoms with E-state index in [1.165, 1.54) is 0 Å². The van der Waals surface area contributed by atoms with Gasteiger partial charge in [0.15, 0.2) is 0 Å². The van der Waals surface area contributed by atoms with Crippen molar-refractivity contribution in [2.24, 2.45) is 23.3 Å². The zero-order chi connectivity index (χ0) is 24.3. The van der Waals surface area contributed by atoms with E-state index in [0.29, 0.717) is 6.42 Å². The lowest BCUT2D eigenvalue weighted by molar-refractivity contribution is -0.143. The van der Waals surface area contributed by atoms with Gasteiger partial charge in [0.1, 0.15) is 18.1 Å². The molecule has 0 aromatic carbocycles. The van der Waals surface area contributed by atoms with E-state index in [-0.39, 0.29) is 24.0 Å². The highest BCUT2D eigenvalue weighted by Crippen LogP contribution is 2.08. The minimum Gasteiger partial charge on any atom is -0.480 e. The predicted molar refractivity (Wildman–Crippen MR) is 118 cm³/mol. The zero-order valence-corrected chi connectivity index (χ0v) is 19.3. The van der Waals surface area contributed by atoms with Crippen LogP contribution >= 0.6 is 12.6 Å². The predicted octanol–water partition coefficient (Wildman–Crippen LogP) is -1.25. The fourth-order valence-electron chi connectivity index (χ4n) is 2.74. The van der Waals surface area contributed by atoms with Gasteiger partial charge in [-0.15, -0.1) is 0 Å². The molecular formula is C19H35N5O6S. The number of carbonyl (C=O) groups is 5. The first-order valence-corrected chi connectivity index (χ1v) is 10.7. The van der Waals surface area contributed by atoms with E-state index in [1.54, 1.807) is 0 Å². The summed E-state index contributed by atoms with van der Waals surface area (Å²) in [6.07, 6.45) is 0.0363. The highest BCUT2D eigenvalue weighted by atomic mass is 32.1. The largest absolute Gasteiger partial charge is 0.480 e. The Morgan fingerprint density at radius 1 is 0.806 bits per heavy atom. The van der Waals surface area contributed by atoms with Crippen LogP contribution in [0.1, 0.15) is 47.0 Å². The Bertz CT molecular complexity index is 658. The van der Waals surface area contributed by atoms with E-state index in [0.717, 1.165) is 0 Å². The second-order valence-electron chi connectivity index (χ2n) is 8.24. The number of thiol groups is 1. The number of hydrogen-bond acceptors (Lipinski definition) is 7. The summed E-state index contributed by atoms with van der Waals surface area (Å²) in [6.45, 7) is 7.45. The Hall–Kier alpha value is -2.34. The molecule has 11 nitrogen and oxygen atoms in total. The number of primary amides is 1. The Morgan fingerprint density at radius 2 is 1.26 bits per heavy atom. The number of nitrogens with two attached hydrogens (primary N) is 2. The third kappa shape index (κ3) is 11.6. The van der Waals surface area contributed by atoms with Crippen LogP contribution in [0.3, 0.4) is 0 Å². The molecule has 0 saturated carbocycles. The van der Waals surface area contributed by atoms with Gasteiger partial charge in [0.05, 0.1) is 12.5 Å². The van der Waals surface area contributed by atoms with Crippen molar-refractivity contribution in [2.75, 3.05) is 5.75 Å². The molecule has 0 fully saturated rings. The Kier molecular flexibility index (Phi) is 12.8. The van der Waals surface area contributed by atoms with Crippen LogP contribution in [0.2, 0.25) is 0 Å². The van der Waals surface area contributed by atoms with Gasteiger partial charge in [0.2, 0.25) is 23.6 Å². The summed E-state index contributed by atoms with van der Waals surface area (Å²) in [5, 5.41) is 16.4. The molecule has 0 aromatic heterocycles. The standard InChI is InChI=1S/C19H35N5O6S/c1-9(2)5-11(20)16(26)24-14(8-31)18(28)22-12(6-10(3)4)17(27)23-13(19(29)30)7-15(21)25/h9-14,31H,5-8,20H2,1-4H3,(H2,21,25)(H,22,28)(H,23,27)(H,24,26)(H,29,30). The van der Waals surface area contributed by atoms with E-state index in [2.05, 4.69) is 28.6 Å². The Morgan fingerprint density at radius 3 is 1.68 bits per heavy atom. The summed E-state index contributed by atoms with van der Waals surface area (Å²) in [4.78, 5) is 59.8. The number of rotatable bonds is 14. The molecule has 0 radical (unpaired) electrons. The zero-order valence-electron chi connectivity index (χ0n) is 18.4. The third-order valence-electron chi connectivity index (χ3n) is 4.24. The first-order valence-electron chi connectivity index (χ1n) is 10.1. The van der Waals surface area contributed by atoms with Gasteiger partial charge in [-0.1, -0.05) is 27.7 Å². The molecule has 0 rings (SSSR count). The molecule has 178 valence electrons. The Balaban J connectivity index is 5.27. The maximum absolute atomic E-state index is 12.7. The van der Waals surface area contributed by atoms with Crippen LogP contribution < -0.4 is 27.4 Å². The first kappa shape index (κ1) is 28.7. The number of nitrogens with one attached hydrogen (secondary N) is 3. The van der Waals surface area contributed by atoms with Crippen LogP contribution in [0.4, 0.5) is 0 Å². The van der Waals surface area contributed by atoms with Crippen molar-refractivity contribution in [2.45, 2.75) is 71.1 Å². The molecule has 12 heteroatoms. The van der Waals surface area contributed by atoms with Crippen LogP contribution in [0.25, 0.3) is 0 Å². The summed E-state index contributed by atoms with van der Waals surface area (Å²) >= 11 is 4.09. The van der Waals surface area contributed by atoms with Crippen LogP contribution in [0, 0.1) is 11.8 Å². The number of aliphatic carboxylic acids is 1. The fraction of sp³-hybridized carbons (Fsp3) is 0.737. The number of carbonyl (C=O) groups excluding carboxylic acids is 4.